The standard InChI is InChI=1S/C11H19N3S.ClH/c1-3-9-4-13-11(15-9)7-14-5-8(2)10(12)6-14;/h4,8,10H,3,5-7,12H2,1-2H3;1H. The molecule has 2 rings (SSSR count). The zero-order valence-corrected chi connectivity index (χ0v) is 11.5. The summed E-state index contributed by atoms with van der Waals surface area (Å²) in [5.41, 5.74) is 6.00. The van der Waals surface area contributed by atoms with Crippen molar-refractivity contribution in [1.82, 2.24) is 9.88 Å². The molecule has 2 unspecified atom stereocenters. The third-order valence-corrected chi connectivity index (χ3v) is 4.18. The minimum absolute atomic E-state index is 0. The van der Waals surface area contributed by atoms with Gasteiger partial charge in [0.25, 0.3) is 0 Å². The number of halogens is 1. The molecule has 16 heavy (non-hydrogen) atoms. The van der Waals surface area contributed by atoms with Gasteiger partial charge in [0.2, 0.25) is 0 Å². The van der Waals surface area contributed by atoms with Crippen LogP contribution in [0.25, 0.3) is 0 Å². The third-order valence-electron chi connectivity index (χ3n) is 3.05. The van der Waals surface area contributed by atoms with Crippen LogP contribution in [-0.2, 0) is 13.0 Å². The van der Waals surface area contributed by atoms with Gasteiger partial charge in [-0.3, -0.25) is 4.90 Å². The first kappa shape index (κ1) is 13.9. The van der Waals surface area contributed by atoms with Crippen molar-refractivity contribution in [2.24, 2.45) is 11.7 Å². The number of likely N-dealkylation sites (tertiary alicyclic amines) is 1. The topological polar surface area (TPSA) is 42.2 Å². The van der Waals surface area contributed by atoms with Crippen LogP contribution in [0.3, 0.4) is 0 Å². The Labute approximate surface area is 107 Å². The summed E-state index contributed by atoms with van der Waals surface area (Å²) in [5.74, 6) is 0.621. The molecule has 1 aromatic rings. The number of thiazole rings is 1. The highest BCUT2D eigenvalue weighted by molar-refractivity contribution is 7.11. The molecule has 1 fully saturated rings. The van der Waals surface area contributed by atoms with Crippen LogP contribution in [0.4, 0.5) is 0 Å². The van der Waals surface area contributed by atoms with Gasteiger partial charge < -0.3 is 5.73 Å². The van der Waals surface area contributed by atoms with Gasteiger partial charge in [0, 0.05) is 30.2 Å². The number of nitrogens with zero attached hydrogens (tertiary/aromatic N) is 2. The summed E-state index contributed by atoms with van der Waals surface area (Å²) >= 11 is 1.83. The highest BCUT2D eigenvalue weighted by Gasteiger charge is 2.26. The fraction of sp³-hybridized carbons (Fsp3) is 0.727. The first-order valence-corrected chi connectivity index (χ1v) is 6.42. The van der Waals surface area contributed by atoms with Crippen LogP contribution in [0.2, 0.25) is 0 Å². The van der Waals surface area contributed by atoms with Gasteiger partial charge in [-0.1, -0.05) is 13.8 Å². The molecule has 0 radical (unpaired) electrons. The van der Waals surface area contributed by atoms with Crippen molar-refractivity contribution in [3.05, 3.63) is 16.1 Å². The lowest BCUT2D eigenvalue weighted by Crippen LogP contribution is -2.28. The lowest BCUT2D eigenvalue weighted by Gasteiger charge is -2.12. The second-order valence-corrected chi connectivity index (χ2v) is 5.61. The Hall–Kier alpha value is -0.160. The van der Waals surface area contributed by atoms with Gasteiger partial charge in [0.15, 0.2) is 0 Å². The Morgan fingerprint density at radius 1 is 1.56 bits per heavy atom. The van der Waals surface area contributed by atoms with E-state index in [9.17, 15) is 0 Å². The van der Waals surface area contributed by atoms with Crippen molar-refractivity contribution in [3.63, 3.8) is 0 Å². The minimum atomic E-state index is 0. The van der Waals surface area contributed by atoms with Crippen molar-refractivity contribution in [2.45, 2.75) is 32.9 Å². The van der Waals surface area contributed by atoms with Crippen molar-refractivity contribution in [3.8, 4) is 0 Å². The summed E-state index contributed by atoms with van der Waals surface area (Å²) in [6, 6.07) is 0.343. The summed E-state index contributed by atoms with van der Waals surface area (Å²) in [5, 5.41) is 1.23. The van der Waals surface area contributed by atoms with E-state index >= 15 is 0 Å². The first-order chi connectivity index (χ1) is 7.19. The Morgan fingerprint density at radius 3 is 2.81 bits per heavy atom. The Morgan fingerprint density at radius 2 is 2.31 bits per heavy atom. The Bertz CT molecular complexity index is 319. The van der Waals surface area contributed by atoms with Crippen molar-refractivity contribution in [2.75, 3.05) is 13.1 Å². The average molecular weight is 262 g/mol. The maximum atomic E-state index is 6.00. The van der Waals surface area contributed by atoms with Crippen molar-refractivity contribution < 1.29 is 0 Å². The van der Waals surface area contributed by atoms with Crippen LogP contribution >= 0.6 is 23.7 Å². The molecule has 3 nitrogen and oxygen atoms in total. The van der Waals surface area contributed by atoms with E-state index in [0.717, 1.165) is 26.1 Å². The number of nitrogens with two attached hydrogens (primary N) is 1. The maximum Gasteiger partial charge on any atom is 0.107 e. The largest absolute Gasteiger partial charge is 0.326 e. The summed E-state index contributed by atoms with van der Waals surface area (Å²) in [6.07, 6.45) is 3.09. The van der Waals surface area contributed by atoms with E-state index in [-0.39, 0.29) is 12.4 Å². The molecule has 2 heterocycles. The first-order valence-electron chi connectivity index (χ1n) is 5.60. The average Bonchev–Trinajstić information content (AvgIpc) is 2.76. The molecular weight excluding hydrogens is 242 g/mol. The summed E-state index contributed by atoms with van der Waals surface area (Å²) < 4.78 is 0. The van der Waals surface area contributed by atoms with Crippen molar-refractivity contribution in [1.29, 1.82) is 0 Å². The molecule has 1 aromatic heterocycles. The molecule has 0 spiro atoms. The van der Waals surface area contributed by atoms with Gasteiger partial charge in [-0.2, -0.15) is 0 Å². The molecule has 2 atom stereocenters. The number of hydrogen-bond donors (Lipinski definition) is 1. The van der Waals surface area contributed by atoms with E-state index < -0.39 is 0 Å². The SMILES string of the molecule is CCc1cnc(CN2CC(C)C(N)C2)s1.Cl. The molecule has 0 saturated carbocycles. The van der Waals surface area contributed by atoms with Crippen molar-refractivity contribution >= 4 is 23.7 Å². The second-order valence-electron chi connectivity index (χ2n) is 4.41. The molecule has 2 N–H and O–H groups in total. The number of aryl methyl sites for hydroxylation is 1. The molecule has 0 aliphatic carbocycles. The van der Waals surface area contributed by atoms with E-state index in [1.54, 1.807) is 0 Å². The molecule has 1 aliphatic heterocycles. The van der Waals surface area contributed by atoms with Gasteiger partial charge in [-0.15, -0.1) is 23.7 Å². The van der Waals surface area contributed by atoms with E-state index in [0.29, 0.717) is 12.0 Å². The number of rotatable bonds is 3. The molecule has 0 bridgehead atoms. The Kier molecular flexibility index (Phi) is 5.18. The molecular formula is C11H20ClN3S. The van der Waals surface area contributed by atoms with E-state index in [1.165, 1.54) is 9.88 Å². The van der Waals surface area contributed by atoms with E-state index in [1.807, 2.05) is 17.5 Å². The molecule has 92 valence electrons. The van der Waals surface area contributed by atoms with Gasteiger partial charge in [-0.25, -0.2) is 4.98 Å². The summed E-state index contributed by atoms with van der Waals surface area (Å²) in [6.45, 7) is 7.50. The molecule has 0 amide bonds. The van der Waals surface area contributed by atoms with Gasteiger partial charge in [-0.05, 0) is 12.3 Å². The number of hydrogen-bond acceptors (Lipinski definition) is 4. The van der Waals surface area contributed by atoms with Crippen LogP contribution in [0.1, 0.15) is 23.7 Å². The quantitative estimate of drug-likeness (QED) is 0.904. The highest BCUT2D eigenvalue weighted by Crippen LogP contribution is 2.20. The summed E-state index contributed by atoms with van der Waals surface area (Å²) in [7, 11) is 0. The molecule has 1 saturated heterocycles. The van der Waals surface area contributed by atoms with Gasteiger partial charge in [0.1, 0.15) is 5.01 Å². The lowest BCUT2D eigenvalue weighted by atomic mass is 10.1. The highest BCUT2D eigenvalue weighted by atomic mass is 35.5. The van der Waals surface area contributed by atoms with E-state index in [4.69, 9.17) is 5.73 Å². The fourth-order valence-corrected chi connectivity index (χ4v) is 2.91. The molecule has 0 aromatic carbocycles. The number of aromatic nitrogens is 1. The second kappa shape index (κ2) is 5.96. The predicted octanol–water partition coefficient (Wildman–Crippen LogP) is 1.91. The Balaban J connectivity index is 0.00000128. The monoisotopic (exact) mass is 261 g/mol. The van der Waals surface area contributed by atoms with Crippen LogP contribution in [0, 0.1) is 5.92 Å². The van der Waals surface area contributed by atoms with Gasteiger partial charge in [0.05, 0.1) is 6.54 Å². The predicted molar refractivity (Wildman–Crippen MR) is 71.2 cm³/mol. The maximum absolute atomic E-state index is 6.00. The van der Waals surface area contributed by atoms with Crippen LogP contribution in [0.5, 0.6) is 0 Å². The third kappa shape index (κ3) is 3.17. The van der Waals surface area contributed by atoms with Crippen LogP contribution in [-0.4, -0.2) is 29.0 Å². The zero-order valence-electron chi connectivity index (χ0n) is 9.85. The fourth-order valence-electron chi connectivity index (χ4n) is 2.00. The zero-order chi connectivity index (χ0) is 10.8. The normalized spacial score (nSPS) is 25.7. The van der Waals surface area contributed by atoms with Gasteiger partial charge >= 0.3 is 0 Å². The smallest absolute Gasteiger partial charge is 0.107 e. The lowest BCUT2D eigenvalue weighted by molar-refractivity contribution is 0.318. The summed E-state index contributed by atoms with van der Waals surface area (Å²) in [4.78, 5) is 8.22. The minimum Gasteiger partial charge on any atom is -0.326 e. The van der Waals surface area contributed by atoms with Crippen LogP contribution in [0.15, 0.2) is 6.20 Å². The van der Waals surface area contributed by atoms with Crippen LogP contribution < -0.4 is 5.73 Å². The molecule has 5 heteroatoms. The van der Waals surface area contributed by atoms with E-state index in [2.05, 4.69) is 23.7 Å². The molecule has 1 aliphatic rings.